The molecule has 3 heteroatoms. The quantitative estimate of drug-likeness (QED) is 0.748. The van der Waals surface area contributed by atoms with Crippen LogP contribution >= 0.6 is 27.5 Å². The predicted molar refractivity (Wildman–Crippen MR) is 55.9 cm³/mol. The summed E-state index contributed by atoms with van der Waals surface area (Å²) < 4.78 is 0. The summed E-state index contributed by atoms with van der Waals surface area (Å²) in [6.07, 6.45) is 2.72. The maximum atomic E-state index is 5.95. The van der Waals surface area contributed by atoms with Gasteiger partial charge >= 0.3 is 0 Å². The molecule has 0 aliphatic heterocycles. The highest BCUT2D eigenvalue weighted by Crippen LogP contribution is 2.16. The number of hydrogen-bond donors (Lipinski definition) is 0. The maximum Gasteiger partial charge on any atom is 0.0621 e. The third-order valence-corrected chi connectivity index (χ3v) is 3.09. The van der Waals surface area contributed by atoms with Gasteiger partial charge in [-0.3, -0.25) is 4.98 Å². The molecule has 0 saturated carbocycles. The molecule has 1 rings (SSSR count). The average Bonchev–Trinajstić information content (AvgIpc) is 2.09. The lowest BCUT2D eigenvalue weighted by atomic mass is 10.1. The number of alkyl halides is 1. The van der Waals surface area contributed by atoms with Crippen molar-refractivity contribution in [2.75, 3.05) is 5.33 Å². The van der Waals surface area contributed by atoms with Gasteiger partial charge in [0.25, 0.3) is 0 Å². The molecule has 1 nitrogen and oxygen atoms in total. The summed E-state index contributed by atoms with van der Waals surface area (Å²) in [6, 6.07) is 3.73. The normalized spacial score (nSPS) is 12.9. The van der Waals surface area contributed by atoms with Crippen LogP contribution in [0.2, 0.25) is 5.02 Å². The molecular weight excluding hydrogens is 237 g/mol. The van der Waals surface area contributed by atoms with Crippen LogP contribution in [-0.4, -0.2) is 10.3 Å². The van der Waals surface area contributed by atoms with Gasteiger partial charge in [0.15, 0.2) is 0 Å². The molecule has 0 saturated heterocycles. The molecule has 1 atom stereocenters. The van der Waals surface area contributed by atoms with Crippen LogP contribution < -0.4 is 0 Å². The van der Waals surface area contributed by atoms with E-state index >= 15 is 0 Å². The second-order valence-electron chi connectivity index (χ2n) is 2.90. The molecule has 0 N–H and O–H groups in total. The van der Waals surface area contributed by atoms with Crippen LogP contribution in [0.25, 0.3) is 0 Å². The van der Waals surface area contributed by atoms with Gasteiger partial charge in [0.2, 0.25) is 0 Å². The zero-order valence-corrected chi connectivity index (χ0v) is 9.27. The Labute approximate surface area is 86.3 Å². The minimum atomic E-state index is 0.581. The molecule has 66 valence electrons. The maximum absolute atomic E-state index is 5.95. The Balaban J connectivity index is 2.69. The minimum absolute atomic E-state index is 0.581. The standard InChI is InChI=1S/C9H11BrClN/c1-7(6-10)5-9-8(11)3-2-4-12-9/h2-4,7H,5-6H2,1H3. The van der Waals surface area contributed by atoms with Crippen LogP contribution in [-0.2, 0) is 6.42 Å². The number of pyridine rings is 1. The molecule has 12 heavy (non-hydrogen) atoms. The van der Waals surface area contributed by atoms with E-state index in [1.54, 1.807) is 6.20 Å². The number of rotatable bonds is 3. The van der Waals surface area contributed by atoms with Gasteiger partial charge in [-0.15, -0.1) is 0 Å². The Bertz CT molecular complexity index is 252. The fourth-order valence-electron chi connectivity index (χ4n) is 0.953. The molecule has 0 aliphatic carbocycles. The Kier molecular flexibility index (Phi) is 4.02. The number of hydrogen-bond acceptors (Lipinski definition) is 1. The Hall–Kier alpha value is -0.0800. The smallest absolute Gasteiger partial charge is 0.0621 e. The average molecular weight is 249 g/mol. The van der Waals surface area contributed by atoms with Crippen molar-refractivity contribution >= 4 is 27.5 Å². The molecule has 0 aliphatic rings. The first-order valence-electron chi connectivity index (χ1n) is 3.89. The summed E-state index contributed by atoms with van der Waals surface area (Å²) in [5, 5.41) is 1.75. The van der Waals surface area contributed by atoms with E-state index in [9.17, 15) is 0 Å². The van der Waals surface area contributed by atoms with Crippen LogP contribution in [0.3, 0.4) is 0 Å². The van der Waals surface area contributed by atoms with E-state index in [1.165, 1.54) is 0 Å². The molecule has 0 amide bonds. The van der Waals surface area contributed by atoms with Gasteiger partial charge < -0.3 is 0 Å². The van der Waals surface area contributed by atoms with Gasteiger partial charge in [0, 0.05) is 11.5 Å². The first kappa shape index (κ1) is 10.0. The molecule has 0 radical (unpaired) electrons. The van der Waals surface area contributed by atoms with Crippen molar-refractivity contribution in [1.82, 2.24) is 4.98 Å². The second kappa shape index (κ2) is 4.83. The van der Waals surface area contributed by atoms with Gasteiger partial charge in [-0.25, -0.2) is 0 Å². The van der Waals surface area contributed by atoms with Gasteiger partial charge in [-0.05, 0) is 24.5 Å². The first-order chi connectivity index (χ1) is 5.74. The topological polar surface area (TPSA) is 12.9 Å². The first-order valence-corrected chi connectivity index (χ1v) is 5.39. The van der Waals surface area contributed by atoms with E-state index in [-0.39, 0.29) is 0 Å². The predicted octanol–water partition coefficient (Wildman–Crippen LogP) is 3.31. The fourth-order valence-corrected chi connectivity index (χ4v) is 1.38. The van der Waals surface area contributed by atoms with Crippen molar-refractivity contribution in [3.8, 4) is 0 Å². The second-order valence-corrected chi connectivity index (χ2v) is 3.95. The van der Waals surface area contributed by atoms with E-state index in [0.29, 0.717) is 5.92 Å². The van der Waals surface area contributed by atoms with Crippen LogP contribution in [0.4, 0.5) is 0 Å². The van der Waals surface area contributed by atoms with Crippen LogP contribution in [0.1, 0.15) is 12.6 Å². The number of nitrogens with zero attached hydrogens (tertiary/aromatic N) is 1. The third kappa shape index (κ3) is 2.76. The molecule has 0 spiro atoms. The van der Waals surface area contributed by atoms with Crippen molar-refractivity contribution in [3.05, 3.63) is 29.0 Å². The molecule has 1 unspecified atom stereocenters. The Morgan fingerprint density at radius 3 is 3.00 bits per heavy atom. The Morgan fingerprint density at radius 2 is 2.42 bits per heavy atom. The van der Waals surface area contributed by atoms with Crippen molar-refractivity contribution in [3.63, 3.8) is 0 Å². The third-order valence-electron chi connectivity index (χ3n) is 1.64. The molecular formula is C9H11BrClN. The van der Waals surface area contributed by atoms with E-state index < -0.39 is 0 Å². The molecule has 0 aromatic carbocycles. The molecule has 0 bridgehead atoms. The summed E-state index contributed by atoms with van der Waals surface area (Å²) >= 11 is 9.37. The number of halogens is 2. The highest BCUT2D eigenvalue weighted by molar-refractivity contribution is 9.09. The zero-order chi connectivity index (χ0) is 8.97. The minimum Gasteiger partial charge on any atom is -0.260 e. The lowest BCUT2D eigenvalue weighted by Crippen LogP contribution is -2.02. The molecule has 1 aromatic rings. The summed E-state index contributed by atoms with van der Waals surface area (Å²) in [5.74, 6) is 0.581. The highest BCUT2D eigenvalue weighted by Gasteiger charge is 2.05. The number of aromatic nitrogens is 1. The van der Waals surface area contributed by atoms with E-state index in [0.717, 1.165) is 22.5 Å². The molecule has 1 aromatic heterocycles. The lowest BCUT2D eigenvalue weighted by molar-refractivity contribution is 0.650. The van der Waals surface area contributed by atoms with Gasteiger partial charge in [-0.2, -0.15) is 0 Å². The van der Waals surface area contributed by atoms with E-state index in [1.807, 2.05) is 12.1 Å². The Morgan fingerprint density at radius 1 is 1.67 bits per heavy atom. The fraction of sp³-hybridized carbons (Fsp3) is 0.444. The van der Waals surface area contributed by atoms with Crippen LogP contribution in [0.15, 0.2) is 18.3 Å². The van der Waals surface area contributed by atoms with E-state index in [2.05, 4.69) is 27.8 Å². The van der Waals surface area contributed by atoms with Crippen molar-refractivity contribution < 1.29 is 0 Å². The molecule has 1 heterocycles. The SMILES string of the molecule is CC(CBr)Cc1ncccc1Cl. The molecule has 0 fully saturated rings. The lowest BCUT2D eigenvalue weighted by Gasteiger charge is -2.07. The summed E-state index contributed by atoms with van der Waals surface area (Å²) in [4.78, 5) is 4.21. The summed E-state index contributed by atoms with van der Waals surface area (Å²) in [5.41, 5.74) is 0.992. The largest absolute Gasteiger partial charge is 0.260 e. The van der Waals surface area contributed by atoms with Gasteiger partial charge in [-0.1, -0.05) is 34.5 Å². The van der Waals surface area contributed by atoms with E-state index in [4.69, 9.17) is 11.6 Å². The van der Waals surface area contributed by atoms with Gasteiger partial charge in [0.05, 0.1) is 10.7 Å². The zero-order valence-electron chi connectivity index (χ0n) is 6.93. The highest BCUT2D eigenvalue weighted by atomic mass is 79.9. The van der Waals surface area contributed by atoms with Crippen LogP contribution in [0, 0.1) is 5.92 Å². The van der Waals surface area contributed by atoms with Crippen LogP contribution in [0.5, 0.6) is 0 Å². The van der Waals surface area contributed by atoms with Crippen molar-refractivity contribution in [1.29, 1.82) is 0 Å². The summed E-state index contributed by atoms with van der Waals surface area (Å²) in [6.45, 7) is 2.17. The van der Waals surface area contributed by atoms with Crippen molar-refractivity contribution in [2.24, 2.45) is 5.92 Å². The van der Waals surface area contributed by atoms with Crippen molar-refractivity contribution in [2.45, 2.75) is 13.3 Å². The van der Waals surface area contributed by atoms with Gasteiger partial charge in [0.1, 0.15) is 0 Å². The monoisotopic (exact) mass is 247 g/mol. The summed E-state index contributed by atoms with van der Waals surface area (Å²) in [7, 11) is 0.